The van der Waals surface area contributed by atoms with E-state index in [1.807, 2.05) is 4.90 Å². The molecule has 3 aromatic rings. The van der Waals surface area contributed by atoms with Crippen LogP contribution in [0.25, 0.3) is 6.08 Å². The Labute approximate surface area is 209 Å². The van der Waals surface area contributed by atoms with Crippen molar-refractivity contribution in [2.24, 2.45) is 5.92 Å². The lowest BCUT2D eigenvalue weighted by molar-refractivity contribution is -0.127. The summed E-state index contributed by atoms with van der Waals surface area (Å²) in [5.41, 5.74) is 3.38. The van der Waals surface area contributed by atoms with Crippen molar-refractivity contribution < 1.29 is 14.0 Å². The summed E-state index contributed by atoms with van der Waals surface area (Å²) >= 11 is 1.23. The van der Waals surface area contributed by atoms with E-state index in [-0.39, 0.29) is 17.5 Å². The smallest absolute Gasteiger partial charge is 0.246 e. The van der Waals surface area contributed by atoms with Crippen LogP contribution < -0.4 is 4.90 Å². The molecule has 2 amide bonds. The van der Waals surface area contributed by atoms with Crippen LogP contribution in [-0.4, -0.2) is 34.8 Å². The molecule has 0 spiro atoms. The molecule has 2 heterocycles. The van der Waals surface area contributed by atoms with Crippen molar-refractivity contribution >= 4 is 40.0 Å². The number of benzene rings is 2. The Bertz CT molecular complexity index is 1200. The zero-order valence-electron chi connectivity index (χ0n) is 20.1. The van der Waals surface area contributed by atoms with E-state index in [0.717, 1.165) is 38.8 Å². The van der Waals surface area contributed by atoms with Crippen molar-refractivity contribution in [3.63, 3.8) is 0 Å². The third-order valence-corrected chi connectivity index (χ3v) is 7.24. The zero-order valence-corrected chi connectivity index (χ0v) is 20.9. The van der Waals surface area contributed by atoms with Gasteiger partial charge in [-0.05, 0) is 62.3 Å². The number of anilines is 2. The van der Waals surface area contributed by atoms with Crippen LogP contribution >= 0.6 is 11.3 Å². The van der Waals surface area contributed by atoms with Gasteiger partial charge in [0.15, 0.2) is 5.13 Å². The molecule has 0 saturated carbocycles. The molecule has 7 heteroatoms. The molecule has 5 nitrogen and oxygen atoms in total. The number of hydrogen-bond acceptors (Lipinski definition) is 4. The van der Waals surface area contributed by atoms with E-state index in [4.69, 9.17) is 0 Å². The third-order valence-electron chi connectivity index (χ3n) is 6.39. The first-order chi connectivity index (χ1) is 16.9. The number of amides is 2. The number of thiazole rings is 1. The Balaban J connectivity index is 1.30. The molecule has 35 heavy (non-hydrogen) atoms. The fourth-order valence-corrected chi connectivity index (χ4v) is 5.17. The number of hydrogen-bond donors (Lipinski definition) is 0. The summed E-state index contributed by atoms with van der Waals surface area (Å²) in [5, 5.41) is 2.12. The summed E-state index contributed by atoms with van der Waals surface area (Å²) < 4.78 is 14.2. The predicted octanol–water partition coefficient (Wildman–Crippen LogP) is 6.16. The summed E-state index contributed by atoms with van der Waals surface area (Å²) in [4.78, 5) is 32.5. The summed E-state index contributed by atoms with van der Waals surface area (Å²) in [6.07, 6.45) is 7.45. The lowest BCUT2D eigenvalue weighted by Crippen LogP contribution is -2.37. The number of para-hydroxylation sites is 1. The van der Waals surface area contributed by atoms with E-state index in [9.17, 15) is 14.0 Å². The maximum Gasteiger partial charge on any atom is 0.246 e. The van der Waals surface area contributed by atoms with Crippen LogP contribution in [0, 0.1) is 18.7 Å². The van der Waals surface area contributed by atoms with Crippen molar-refractivity contribution in [1.82, 2.24) is 9.88 Å². The molecule has 1 saturated heterocycles. The first-order valence-electron chi connectivity index (χ1n) is 11.9. The van der Waals surface area contributed by atoms with E-state index in [2.05, 4.69) is 36.2 Å². The highest BCUT2D eigenvalue weighted by Gasteiger charge is 2.22. The lowest BCUT2D eigenvalue weighted by atomic mass is 9.90. The monoisotopic (exact) mass is 491 g/mol. The van der Waals surface area contributed by atoms with E-state index in [1.54, 1.807) is 29.7 Å². The maximum atomic E-state index is 14.2. The van der Waals surface area contributed by atoms with Crippen molar-refractivity contribution in [3.8, 4) is 0 Å². The molecular formula is C28H30FN3O2S. The van der Waals surface area contributed by atoms with Gasteiger partial charge in [0.2, 0.25) is 11.8 Å². The number of aryl methyl sites for hydroxylation is 2. The fraction of sp³-hybridized carbons (Fsp3) is 0.321. The average molecular weight is 492 g/mol. The van der Waals surface area contributed by atoms with Crippen LogP contribution in [0.5, 0.6) is 0 Å². The van der Waals surface area contributed by atoms with Crippen LogP contribution in [0.1, 0.15) is 43.0 Å². The van der Waals surface area contributed by atoms with Gasteiger partial charge < -0.3 is 4.90 Å². The minimum atomic E-state index is -0.493. The van der Waals surface area contributed by atoms with Crippen LogP contribution in [-0.2, 0) is 16.0 Å². The molecule has 0 atom stereocenters. The summed E-state index contributed by atoms with van der Waals surface area (Å²) in [6, 6.07) is 14.8. The Morgan fingerprint density at radius 1 is 1.14 bits per heavy atom. The molecule has 1 aromatic heterocycles. The van der Waals surface area contributed by atoms with Gasteiger partial charge in [-0.25, -0.2) is 9.37 Å². The number of rotatable bonds is 7. The van der Waals surface area contributed by atoms with Crippen molar-refractivity contribution in [2.45, 2.75) is 39.5 Å². The molecule has 182 valence electrons. The Kier molecular flexibility index (Phi) is 8.08. The van der Waals surface area contributed by atoms with E-state index < -0.39 is 5.82 Å². The van der Waals surface area contributed by atoms with Crippen molar-refractivity contribution in [2.75, 3.05) is 18.0 Å². The van der Waals surface area contributed by atoms with Gasteiger partial charge in [-0.1, -0.05) is 42.0 Å². The number of piperidine rings is 1. The molecule has 1 aliphatic heterocycles. The van der Waals surface area contributed by atoms with Gasteiger partial charge in [0.05, 0.1) is 11.4 Å². The largest absolute Gasteiger partial charge is 0.339 e. The van der Waals surface area contributed by atoms with Gasteiger partial charge in [0.25, 0.3) is 0 Å². The van der Waals surface area contributed by atoms with Gasteiger partial charge in [0.1, 0.15) is 5.82 Å². The standard InChI is InChI=1S/C28H30FN3O2S/c1-20-7-9-22(10-8-20)11-12-23-15-17-31(18-16-23)27(34)14-13-24-19-35-28(30-24)32(21(2)33)26-6-4-3-5-25(26)29/h3-10,13-14,19,23H,11-12,15-18H2,1-2H3/b14-13+. The fourth-order valence-electron chi connectivity index (χ4n) is 4.33. The highest BCUT2D eigenvalue weighted by molar-refractivity contribution is 7.14. The second kappa shape index (κ2) is 11.4. The Hall–Kier alpha value is -3.32. The highest BCUT2D eigenvalue weighted by atomic mass is 32.1. The maximum absolute atomic E-state index is 14.2. The van der Waals surface area contributed by atoms with Gasteiger partial charge in [0, 0.05) is 31.5 Å². The first-order valence-corrected chi connectivity index (χ1v) is 12.8. The molecule has 4 rings (SSSR count). The third kappa shape index (κ3) is 6.42. The average Bonchev–Trinajstić information content (AvgIpc) is 3.32. The topological polar surface area (TPSA) is 53.5 Å². The van der Waals surface area contributed by atoms with Crippen LogP contribution in [0.2, 0.25) is 0 Å². The first kappa shape index (κ1) is 24.8. The predicted molar refractivity (Wildman–Crippen MR) is 139 cm³/mol. The van der Waals surface area contributed by atoms with Crippen LogP contribution in [0.3, 0.4) is 0 Å². The Morgan fingerprint density at radius 3 is 2.54 bits per heavy atom. The van der Waals surface area contributed by atoms with Gasteiger partial charge in [-0.15, -0.1) is 11.3 Å². The molecular weight excluding hydrogens is 461 g/mol. The van der Waals surface area contributed by atoms with Gasteiger partial charge in [-0.3, -0.25) is 14.5 Å². The second-order valence-corrected chi connectivity index (χ2v) is 9.82. The number of carbonyl (C=O) groups excluding carboxylic acids is 2. The molecule has 0 unspecified atom stereocenters. The van der Waals surface area contributed by atoms with E-state index >= 15 is 0 Å². The number of halogens is 1. The number of aromatic nitrogens is 1. The quantitative estimate of drug-likeness (QED) is 0.372. The molecule has 0 aliphatic carbocycles. The molecule has 1 aliphatic rings. The summed E-state index contributed by atoms with van der Waals surface area (Å²) in [6.45, 7) is 4.99. The second-order valence-electron chi connectivity index (χ2n) is 8.99. The number of likely N-dealkylation sites (tertiary alicyclic amines) is 1. The van der Waals surface area contributed by atoms with E-state index in [0.29, 0.717) is 16.7 Å². The molecule has 2 aromatic carbocycles. The minimum Gasteiger partial charge on any atom is -0.339 e. The minimum absolute atomic E-state index is 0.0333. The molecule has 0 radical (unpaired) electrons. The summed E-state index contributed by atoms with van der Waals surface area (Å²) in [7, 11) is 0. The van der Waals surface area contributed by atoms with Crippen LogP contribution in [0.15, 0.2) is 60.0 Å². The van der Waals surface area contributed by atoms with Crippen LogP contribution in [0.4, 0.5) is 15.2 Å². The lowest BCUT2D eigenvalue weighted by Gasteiger charge is -2.31. The van der Waals surface area contributed by atoms with Crippen molar-refractivity contribution in [1.29, 1.82) is 0 Å². The molecule has 1 fully saturated rings. The summed E-state index contributed by atoms with van der Waals surface area (Å²) in [5.74, 6) is -0.218. The number of carbonyl (C=O) groups is 2. The van der Waals surface area contributed by atoms with E-state index in [1.165, 1.54) is 46.4 Å². The zero-order chi connectivity index (χ0) is 24.8. The van der Waals surface area contributed by atoms with Gasteiger partial charge in [-0.2, -0.15) is 0 Å². The molecule has 0 N–H and O–H groups in total. The highest BCUT2D eigenvalue weighted by Crippen LogP contribution is 2.31. The molecule has 0 bridgehead atoms. The SMILES string of the molecule is CC(=O)N(c1nc(/C=C/C(=O)N2CCC(CCc3ccc(C)cc3)CC2)cs1)c1ccccc1F. The van der Waals surface area contributed by atoms with Crippen molar-refractivity contribution in [3.05, 3.63) is 82.6 Å². The normalized spacial score (nSPS) is 14.4. The van der Waals surface area contributed by atoms with Gasteiger partial charge >= 0.3 is 0 Å². The Morgan fingerprint density at radius 2 is 1.86 bits per heavy atom. The number of nitrogens with zero attached hydrogens (tertiary/aromatic N) is 3.